The average molecular weight is 301 g/mol. The highest BCUT2D eigenvalue weighted by atomic mass is 32.2. The van der Waals surface area contributed by atoms with Crippen LogP contribution in [-0.4, -0.2) is 15.5 Å². The topological polar surface area (TPSA) is 35.1 Å². The lowest BCUT2D eigenvalue weighted by Crippen LogP contribution is -2.54. The predicted octanol–water partition coefficient (Wildman–Crippen LogP) is 3.62. The fraction of sp³-hybridized carbons (Fsp3) is 0.467. The van der Waals surface area contributed by atoms with Crippen molar-refractivity contribution in [1.82, 2.24) is 4.72 Å². The van der Waals surface area contributed by atoms with Crippen LogP contribution in [0.5, 0.6) is 0 Å². The molecule has 0 spiro atoms. The summed E-state index contributed by atoms with van der Waals surface area (Å²) in [7, 11) is 0. The molecule has 0 fully saturated rings. The highest BCUT2D eigenvalue weighted by Gasteiger charge is 2.43. The Morgan fingerprint density at radius 3 is 2.30 bits per heavy atom. The van der Waals surface area contributed by atoms with Crippen molar-refractivity contribution in [3.63, 3.8) is 0 Å². The minimum atomic E-state index is -1.58. The van der Waals surface area contributed by atoms with E-state index in [4.69, 9.17) is 0 Å². The minimum absolute atomic E-state index is 0.130. The molecule has 0 aliphatic rings. The van der Waals surface area contributed by atoms with E-state index in [2.05, 4.69) is 11.3 Å². The Balaban J connectivity index is 3.24. The third-order valence-electron chi connectivity index (χ3n) is 3.05. The van der Waals surface area contributed by atoms with Crippen molar-refractivity contribution in [2.75, 3.05) is 0 Å². The maximum Gasteiger partial charge on any atom is 0.144 e. The number of benzene rings is 1. The molecule has 112 valence electrons. The Bertz CT molecular complexity index is 475. The molecule has 1 aromatic rings. The molecule has 0 aliphatic carbocycles. The standard InChI is InChI=1S/C15H21F2NOS/c1-6-13(17)15(5,18-20(19)14(2,3)4)11-9-7-8-10-12(11)16/h6-10,13,18H,1H2,2-5H3/t13-,15+,20+/m0/s1. The normalized spacial score (nSPS) is 18.1. The van der Waals surface area contributed by atoms with Crippen molar-refractivity contribution in [3.05, 3.63) is 48.3 Å². The number of hydrogen-bond donors (Lipinski definition) is 1. The van der Waals surface area contributed by atoms with E-state index in [0.29, 0.717) is 0 Å². The number of halogens is 2. The lowest BCUT2D eigenvalue weighted by Gasteiger charge is -2.36. The van der Waals surface area contributed by atoms with E-state index < -0.39 is 33.6 Å². The van der Waals surface area contributed by atoms with E-state index in [1.54, 1.807) is 26.8 Å². The molecule has 0 amide bonds. The maximum absolute atomic E-state index is 14.3. The van der Waals surface area contributed by atoms with Crippen molar-refractivity contribution in [2.45, 2.75) is 44.2 Å². The van der Waals surface area contributed by atoms with Gasteiger partial charge in [0, 0.05) is 16.9 Å². The Hall–Kier alpha value is -0.910. The van der Waals surface area contributed by atoms with Gasteiger partial charge in [0.2, 0.25) is 0 Å². The number of nitrogens with one attached hydrogen (secondary N) is 1. The summed E-state index contributed by atoms with van der Waals surface area (Å²) < 4.78 is 42.7. The molecule has 1 aromatic carbocycles. The molecule has 0 radical (unpaired) electrons. The van der Waals surface area contributed by atoms with Crippen LogP contribution >= 0.6 is 0 Å². The fourth-order valence-electron chi connectivity index (χ4n) is 1.72. The highest BCUT2D eigenvalue weighted by molar-refractivity contribution is 7.90. The first-order valence-corrected chi connectivity index (χ1v) is 7.49. The van der Waals surface area contributed by atoms with Gasteiger partial charge >= 0.3 is 0 Å². The molecule has 3 atom stereocenters. The van der Waals surface area contributed by atoms with E-state index in [1.807, 2.05) is 0 Å². The summed E-state index contributed by atoms with van der Waals surface area (Å²) in [5, 5.41) is 0. The van der Waals surface area contributed by atoms with Crippen molar-refractivity contribution >= 4 is 11.4 Å². The van der Waals surface area contributed by atoms with Crippen LogP contribution in [0.4, 0.5) is 8.78 Å². The van der Waals surface area contributed by atoms with Gasteiger partial charge in [-0.25, -0.2) is 8.78 Å². The first-order valence-electron chi connectivity index (χ1n) is 6.34. The van der Waals surface area contributed by atoms with Crippen molar-refractivity contribution in [3.8, 4) is 0 Å². The first kappa shape index (κ1) is 17.1. The average Bonchev–Trinajstić information content (AvgIpc) is 2.36. The van der Waals surface area contributed by atoms with E-state index in [-0.39, 0.29) is 5.56 Å². The maximum atomic E-state index is 14.3. The van der Waals surface area contributed by atoms with Crippen LogP contribution in [0.3, 0.4) is 0 Å². The molecule has 0 saturated carbocycles. The zero-order valence-electron chi connectivity index (χ0n) is 12.2. The van der Waals surface area contributed by atoms with Crippen LogP contribution < -0.4 is 4.72 Å². The summed E-state index contributed by atoms with van der Waals surface area (Å²) in [6, 6.07) is 5.89. The lowest BCUT2D eigenvalue weighted by atomic mass is 9.88. The van der Waals surface area contributed by atoms with Crippen LogP contribution in [0.15, 0.2) is 36.9 Å². The molecule has 0 saturated heterocycles. The quantitative estimate of drug-likeness (QED) is 0.666. The molecule has 1 rings (SSSR count). The van der Waals surface area contributed by atoms with Crippen LogP contribution in [0.2, 0.25) is 0 Å². The third kappa shape index (κ3) is 3.59. The van der Waals surface area contributed by atoms with E-state index in [9.17, 15) is 13.3 Å². The molecule has 0 unspecified atom stereocenters. The van der Waals surface area contributed by atoms with Gasteiger partial charge in [-0.1, -0.05) is 24.3 Å². The second-order valence-corrected chi connectivity index (χ2v) is 7.77. The zero-order valence-corrected chi connectivity index (χ0v) is 13.1. The second kappa shape index (κ2) is 6.24. The first-order chi connectivity index (χ1) is 9.13. The summed E-state index contributed by atoms with van der Waals surface area (Å²) in [6.45, 7) is 10.2. The van der Waals surface area contributed by atoms with Gasteiger partial charge in [-0.05, 0) is 33.8 Å². The Kier molecular flexibility index (Phi) is 5.35. The minimum Gasteiger partial charge on any atom is -0.598 e. The molecule has 0 aliphatic heterocycles. The SMILES string of the molecule is C=C[C@H](F)[C@](C)(N[S@+]([O-])C(C)(C)C)c1ccccc1F. The van der Waals surface area contributed by atoms with Crippen LogP contribution in [0.1, 0.15) is 33.3 Å². The Morgan fingerprint density at radius 1 is 1.30 bits per heavy atom. The largest absolute Gasteiger partial charge is 0.598 e. The van der Waals surface area contributed by atoms with Crippen molar-refractivity contribution < 1.29 is 13.3 Å². The molecule has 0 bridgehead atoms. The zero-order chi connectivity index (χ0) is 15.6. The predicted molar refractivity (Wildman–Crippen MR) is 79.9 cm³/mol. The van der Waals surface area contributed by atoms with Gasteiger partial charge < -0.3 is 4.55 Å². The molecule has 1 N–H and O–H groups in total. The van der Waals surface area contributed by atoms with Gasteiger partial charge in [-0.2, -0.15) is 0 Å². The summed E-state index contributed by atoms with van der Waals surface area (Å²) in [4.78, 5) is 0. The van der Waals surface area contributed by atoms with E-state index >= 15 is 0 Å². The molecular weight excluding hydrogens is 280 g/mol. The third-order valence-corrected chi connectivity index (χ3v) is 4.77. The number of hydrogen-bond acceptors (Lipinski definition) is 2. The lowest BCUT2D eigenvalue weighted by molar-refractivity contribution is 0.228. The van der Waals surface area contributed by atoms with Gasteiger partial charge in [0.15, 0.2) is 0 Å². The van der Waals surface area contributed by atoms with E-state index in [0.717, 1.165) is 6.08 Å². The summed E-state index contributed by atoms with van der Waals surface area (Å²) in [5.41, 5.74) is -1.31. The number of rotatable bonds is 5. The monoisotopic (exact) mass is 301 g/mol. The summed E-state index contributed by atoms with van der Waals surface area (Å²) in [6.07, 6.45) is -0.495. The Labute approximate surface area is 122 Å². The molecule has 0 heterocycles. The van der Waals surface area contributed by atoms with Gasteiger partial charge in [0.05, 0.1) is 0 Å². The van der Waals surface area contributed by atoms with Crippen LogP contribution in [-0.2, 0) is 16.9 Å². The summed E-state index contributed by atoms with van der Waals surface area (Å²) in [5.74, 6) is -0.544. The fourth-order valence-corrected chi connectivity index (χ4v) is 2.64. The summed E-state index contributed by atoms with van der Waals surface area (Å²) >= 11 is -1.54. The van der Waals surface area contributed by atoms with Gasteiger partial charge in [0.1, 0.15) is 22.3 Å². The van der Waals surface area contributed by atoms with Crippen molar-refractivity contribution in [1.29, 1.82) is 0 Å². The number of alkyl halides is 1. The van der Waals surface area contributed by atoms with E-state index in [1.165, 1.54) is 25.1 Å². The molecule has 2 nitrogen and oxygen atoms in total. The van der Waals surface area contributed by atoms with Gasteiger partial charge in [-0.15, -0.1) is 11.3 Å². The van der Waals surface area contributed by atoms with Crippen LogP contribution in [0, 0.1) is 5.82 Å². The second-order valence-electron chi connectivity index (χ2n) is 5.80. The Morgan fingerprint density at radius 2 is 1.85 bits per heavy atom. The van der Waals surface area contributed by atoms with Crippen LogP contribution in [0.25, 0.3) is 0 Å². The molecule has 5 heteroatoms. The smallest absolute Gasteiger partial charge is 0.144 e. The molecular formula is C15H21F2NOS. The molecule has 0 aromatic heterocycles. The van der Waals surface area contributed by atoms with Gasteiger partial charge in [-0.3, -0.25) is 0 Å². The highest BCUT2D eigenvalue weighted by Crippen LogP contribution is 2.32. The van der Waals surface area contributed by atoms with Gasteiger partial charge in [0.25, 0.3) is 0 Å². The van der Waals surface area contributed by atoms with Crippen molar-refractivity contribution in [2.24, 2.45) is 0 Å². The molecule has 20 heavy (non-hydrogen) atoms.